The normalized spacial score (nSPS) is 10.7. The van der Waals surface area contributed by atoms with Crippen molar-refractivity contribution >= 4 is 41.1 Å². The number of nitrogens with two attached hydrogens (primary N) is 1. The van der Waals surface area contributed by atoms with Gasteiger partial charge in [0.15, 0.2) is 5.11 Å². The van der Waals surface area contributed by atoms with E-state index in [4.69, 9.17) is 21.8 Å². The highest BCUT2D eigenvalue weighted by Crippen LogP contribution is 2.26. The maximum Gasteiger partial charge on any atom is 0.184 e. The Morgan fingerprint density at radius 1 is 1.43 bits per heavy atom. The van der Waals surface area contributed by atoms with Gasteiger partial charge in [-0.05, 0) is 30.4 Å². The number of benzene rings is 1. The van der Waals surface area contributed by atoms with E-state index in [0.29, 0.717) is 17.1 Å². The maximum absolute atomic E-state index is 10.8. The predicted octanol–water partition coefficient (Wildman–Crippen LogP) is 1.13. The van der Waals surface area contributed by atoms with E-state index in [1.165, 1.54) is 18.3 Å². The van der Waals surface area contributed by atoms with Crippen LogP contribution in [0.2, 0.25) is 5.02 Å². The lowest BCUT2D eigenvalue weighted by atomic mass is 10.1. The van der Waals surface area contributed by atoms with Crippen molar-refractivity contribution in [3.05, 3.63) is 46.7 Å². The fourth-order valence-corrected chi connectivity index (χ4v) is 1.88. The molecule has 1 aromatic heterocycles. The topological polar surface area (TPSA) is 104 Å². The van der Waals surface area contributed by atoms with Crippen LogP contribution in [-0.4, -0.2) is 17.3 Å². The lowest BCUT2D eigenvalue weighted by Crippen LogP contribution is -2.23. The molecule has 0 radical (unpaired) electrons. The summed E-state index contributed by atoms with van der Waals surface area (Å²) in [6, 6.07) is 7.80. The number of carbonyl (C=O) groups excluding carboxylic acids is 1. The minimum Gasteiger partial charge on any atom is -0.545 e. The van der Waals surface area contributed by atoms with Crippen molar-refractivity contribution in [3.63, 3.8) is 0 Å². The van der Waals surface area contributed by atoms with Gasteiger partial charge in [-0.2, -0.15) is 5.10 Å². The second kappa shape index (κ2) is 6.38. The van der Waals surface area contributed by atoms with Crippen molar-refractivity contribution < 1.29 is 14.3 Å². The van der Waals surface area contributed by atoms with Gasteiger partial charge in [-0.15, -0.1) is 0 Å². The van der Waals surface area contributed by atoms with Crippen molar-refractivity contribution in [1.82, 2.24) is 5.43 Å². The summed E-state index contributed by atoms with van der Waals surface area (Å²) in [5.41, 5.74) is 8.17. The molecule has 0 saturated carbocycles. The van der Waals surface area contributed by atoms with Crippen molar-refractivity contribution in [3.8, 4) is 11.3 Å². The van der Waals surface area contributed by atoms with E-state index < -0.39 is 5.97 Å². The number of furan rings is 1. The molecule has 0 spiro atoms. The molecule has 0 aliphatic heterocycles. The van der Waals surface area contributed by atoms with E-state index in [9.17, 15) is 9.90 Å². The fourth-order valence-electron chi connectivity index (χ4n) is 1.57. The Morgan fingerprint density at radius 3 is 2.81 bits per heavy atom. The Morgan fingerprint density at radius 2 is 2.19 bits per heavy atom. The highest BCUT2D eigenvalue weighted by atomic mass is 35.5. The average molecular weight is 323 g/mol. The molecule has 8 heteroatoms. The summed E-state index contributed by atoms with van der Waals surface area (Å²) in [4.78, 5) is 10.8. The van der Waals surface area contributed by atoms with E-state index in [1.54, 1.807) is 18.2 Å². The average Bonchev–Trinajstić information content (AvgIpc) is 2.86. The van der Waals surface area contributed by atoms with Crippen LogP contribution in [0.4, 0.5) is 0 Å². The molecular formula is C13H9ClN3O3S-. The number of rotatable bonds is 4. The van der Waals surface area contributed by atoms with Gasteiger partial charge in [0.25, 0.3) is 0 Å². The molecule has 1 heterocycles. The van der Waals surface area contributed by atoms with Gasteiger partial charge in [0, 0.05) is 11.1 Å². The highest BCUT2D eigenvalue weighted by Gasteiger charge is 2.07. The van der Waals surface area contributed by atoms with E-state index in [2.05, 4.69) is 22.7 Å². The number of halogens is 1. The van der Waals surface area contributed by atoms with Gasteiger partial charge in [-0.3, -0.25) is 5.43 Å². The molecule has 0 bridgehead atoms. The Labute approximate surface area is 130 Å². The first-order chi connectivity index (χ1) is 9.97. The molecule has 0 atom stereocenters. The molecule has 108 valence electrons. The molecule has 2 aromatic rings. The van der Waals surface area contributed by atoms with E-state index in [1.807, 2.05) is 0 Å². The molecule has 1 aromatic carbocycles. The summed E-state index contributed by atoms with van der Waals surface area (Å²) in [7, 11) is 0. The van der Waals surface area contributed by atoms with Gasteiger partial charge in [-0.25, -0.2) is 0 Å². The predicted molar refractivity (Wildman–Crippen MR) is 81.0 cm³/mol. The number of nitrogens with one attached hydrogen (secondary N) is 1. The zero-order valence-corrected chi connectivity index (χ0v) is 12.1. The lowest BCUT2D eigenvalue weighted by molar-refractivity contribution is -0.255. The van der Waals surface area contributed by atoms with E-state index >= 15 is 0 Å². The van der Waals surface area contributed by atoms with Gasteiger partial charge in [0.2, 0.25) is 0 Å². The molecule has 0 unspecified atom stereocenters. The standard InChI is InChI=1S/C13H10ClN3O3S/c14-10-5-7(1-3-9(10)12(18)19)11-4-2-8(20-11)6-16-17-13(15)21/h1-6H,(H,18,19)(H3,15,17,21)/p-1. The molecule has 21 heavy (non-hydrogen) atoms. The summed E-state index contributed by atoms with van der Waals surface area (Å²) in [6.45, 7) is 0. The van der Waals surface area contributed by atoms with Gasteiger partial charge in [-0.1, -0.05) is 23.7 Å². The van der Waals surface area contributed by atoms with Crippen molar-refractivity contribution in [1.29, 1.82) is 0 Å². The summed E-state index contributed by atoms with van der Waals surface area (Å²) >= 11 is 10.5. The van der Waals surface area contributed by atoms with Crippen LogP contribution in [0.1, 0.15) is 16.1 Å². The van der Waals surface area contributed by atoms with E-state index in [-0.39, 0.29) is 15.7 Å². The lowest BCUT2D eigenvalue weighted by Gasteiger charge is -2.06. The SMILES string of the molecule is NC(=S)NN=Cc1ccc(-c2ccc(C(=O)[O-])c(Cl)c2)o1. The second-order valence-corrected chi connectivity index (χ2v) is 4.77. The monoisotopic (exact) mass is 322 g/mol. The third-order valence-corrected chi connectivity index (χ3v) is 2.87. The summed E-state index contributed by atoms with van der Waals surface area (Å²) < 4.78 is 5.51. The first-order valence-corrected chi connectivity index (χ1v) is 6.45. The largest absolute Gasteiger partial charge is 0.545 e. The zero-order chi connectivity index (χ0) is 15.4. The number of hydrogen-bond acceptors (Lipinski definition) is 5. The third kappa shape index (κ3) is 3.80. The smallest absolute Gasteiger partial charge is 0.184 e. The molecule has 3 N–H and O–H groups in total. The Bertz CT molecular complexity index is 727. The molecular weight excluding hydrogens is 314 g/mol. The Hall–Kier alpha value is -2.38. The van der Waals surface area contributed by atoms with Gasteiger partial charge >= 0.3 is 0 Å². The van der Waals surface area contributed by atoms with Crippen LogP contribution >= 0.6 is 23.8 Å². The molecule has 0 fully saturated rings. The Kier molecular flexibility index (Phi) is 4.56. The number of hydrogen-bond donors (Lipinski definition) is 2. The van der Waals surface area contributed by atoms with Gasteiger partial charge in [0.05, 0.1) is 17.2 Å². The van der Waals surface area contributed by atoms with Crippen LogP contribution in [0.25, 0.3) is 11.3 Å². The van der Waals surface area contributed by atoms with Crippen molar-refractivity contribution in [2.45, 2.75) is 0 Å². The van der Waals surface area contributed by atoms with Crippen LogP contribution in [0.3, 0.4) is 0 Å². The minimum atomic E-state index is -1.33. The zero-order valence-electron chi connectivity index (χ0n) is 10.5. The quantitative estimate of drug-likeness (QED) is 0.497. The number of carbonyl (C=O) groups is 1. The van der Waals surface area contributed by atoms with Crippen molar-refractivity contribution in [2.24, 2.45) is 10.8 Å². The number of thiocarbonyl (C=S) groups is 1. The number of nitrogens with zero attached hydrogens (tertiary/aromatic N) is 1. The highest BCUT2D eigenvalue weighted by molar-refractivity contribution is 7.80. The van der Waals surface area contributed by atoms with E-state index in [0.717, 1.165) is 0 Å². The number of aromatic carboxylic acids is 1. The first kappa shape index (κ1) is 15.0. The summed E-state index contributed by atoms with van der Waals surface area (Å²) in [5, 5.41) is 14.7. The molecule has 6 nitrogen and oxygen atoms in total. The van der Waals surface area contributed by atoms with Crippen LogP contribution in [0.5, 0.6) is 0 Å². The fraction of sp³-hybridized carbons (Fsp3) is 0. The number of hydrazone groups is 1. The molecule has 2 rings (SSSR count). The third-order valence-electron chi connectivity index (χ3n) is 2.47. The van der Waals surface area contributed by atoms with Crippen molar-refractivity contribution in [2.75, 3.05) is 0 Å². The maximum atomic E-state index is 10.8. The van der Waals surface area contributed by atoms with Crippen LogP contribution < -0.4 is 16.3 Å². The first-order valence-electron chi connectivity index (χ1n) is 5.67. The molecule has 0 aliphatic carbocycles. The second-order valence-electron chi connectivity index (χ2n) is 3.92. The minimum absolute atomic E-state index is 0.0441. The summed E-state index contributed by atoms with van der Waals surface area (Å²) in [5.74, 6) is -0.352. The van der Waals surface area contributed by atoms with Crippen LogP contribution in [-0.2, 0) is 0 Å². The number of carboxylic acid groups (broad SMARTS) is 1. The summed E-state index contributed by atoms with van der Waals surface area (Å²) in [6.07, 6.45) is 1.40. The molecule has 0 amide bonds. The van der Waals surface area contributed by atoms with Crippen LogP contribution in [0.15, 0.2) is 39.9 Å². The van der Waals surface area contributed by atoms with Gasteiger partial charge in [0.1, 0.15) is 11.5 Å². The Balaban J connectivity index is 2.21. The van der Waals surface area contributed by atoms with Crippen LogP contribution in [0, 0.1) is 0 Å². The van der Waals surface area contributed by atoms with Gasteiger partial charge < -0.3 is 20.1 Å². The molecule has 0 saturated heterocycles. The molecule has 0 aliphatic rings. The number of carboxylic acids is 1.